The van der Waals surface area contributed by atoms with E-state index in [2.05, 4.69) is 30.9 Å². The van der Waals surface area contributed by atoms with Gasteiger partial charge in [0.2, 0.25) is 11.8 Å². The Morgan fingerprint density at radius 1 is 1.14 bits per heavy atom. The first-order valence-corrected chi connectivity index (χ1v) is 8.96. The number of guanidine groups is 1. The number of carbonyl (C=O) groups excluding carboxylic acids is 1. The lowest BCUT2D eigenvalue weighted by atomic mass is 10.2. The summed E-state index contributed by atoms with van der Waals surface area (Å²) >= 11 is 0. The van der Waals surface area contributed by atoms with Crippen molar-refractivity contribution in [3.8, 4) is 11.5 Å². The maximum Gasteiger partial charge on any atom is 0.243 e. The molecule has 0 aliphatic heterocycles. The number of nitrogens with one attached hydrogen (secondary N) is 3. The molecule has 0 unspecified atom stereocenters. The number of hydrogen-bond donors (Lipinski definition) is 3. The molecule has 0 saturated carbocycles. The summed E-state index contributed by atoms with van der Waals surface area (Å²) in [6.07, 6.45) is 4.83. The van der Waals surface area contributed by atoms with E-state index in [4.69, 9.17) is 4.42 Å². The van der Waals surface area contributed by atoms with Crippen molar-refractivity contribution < 1.29 is 9.21 Å². The van der Waals surface area contributed by atoms with Crippen LogP contribution in [0.2, 0.25) is 0 Å². The van der Waals surface area contributed by atoms with Crippen molar-refractivity contribution in [2.75, 3.05) is 18.4 Å². The van der Waals surface area contributed by atoms with Gasteiger partial charge >= 0.3 is 0 Å². The molecule has 0 aliphatic carbocycles. The van der Waals surface area contributed by atoms with Crippen LogP contribution in [0.15, 0.2) is 70.5 Å². The minimum Gasteiger partial charge on any atom is -0.444 e. The highest BCUT2D eigenvalue weighted by Crippen LogP contribution is 2.18. The second-order valence-electron chi connectivity index (χ2n) is 5.85. The van der Waals surface area contributed by atoms with Crippen molar-refractivity contribution in [2.24, 2.45) is 4.99 Å². The molecular weight excluding hydrogens is 483 g/mol. The van der Waals surface area contributed by atoms with E-state index in [0.29, 0.717) is 36.3 Å². The standard InChI is InChI=1S/C20H22N6O2.HI/c1-2-22-20(24-13-18(27)25-16-9-6-10-21-11-16)23-12-17-14-28-19(26-17)15-7-4-3-5-8-15;/h3-11,14H,2,12-13H2,1H3,(H,25,27)(H2,22,23,24);1H. The zero-order valence-electron chi connectivity index (χ0n) is 16.0. The minimum absolute atomic E-state index is 0. The molecule has 3 N–H and O–H groups in total. The number of anilines is 1. The summed E-state index contributed by atoms with van der Waals surface area (Å²) in [7, 11) is 0. The first-order valence-electron chi connectivity index (χ1n) is 8.96. The Morgan fingerprint density at radius 2 is 1.97 bits per heavy atom. The van der Waals surface area contributed by atoms with Gasteiger partial charge in [0, 0.05) is 18.3 Å². The summed E-state index contributed by atoms with van der Waals surface area (Å²) in [5.41, 5.74) is 2.26. The zero-order valence-corrected chi connectivity index (χ0v) is 18.3. The predicted octanol–water partition coefficient (Wildman–Crippen LogP) is 3.05. The Labute approximate surface area is 186 Å². The Bertz CT molecular complexity index is 915. The quantitative estimate of drug-likeness (QED) is 0.259. The number of pyridine rings is 1. The summed E-state index contributed by atoms with van der Waals surface area (Å²) in [5, 5.41) is 8.86. The number of aliphatic imine (C=N–C) groups is 1. The van der Waals surface area contributed by atoms with Crippen LogP contribution in [0.4, 0.5) is 5.69 Å². The van der Waals surface area contributed by atoms with E-state index < -0.39 is 0 Å². The highest BCUT2D eigenvalue weighted by molar-refractivity contribution is 14.0. The van der Waals surface area contributed by atoms with Crippen molar-refractivity contribution in [3.63, 3.8) is 0 Å². The Morgan fingerprint density at radius 3 is 2.69 bits per heavy atom. The van der Waals surface area contributed by atoms with Gasteiger partial charge in [-0.25, -0.2) is 9.98 Å². The van der Waals surface area contributed by atoms with Gasteiger partial charge in [0.15, 0.2) is 5.96 Å². The first kappa shape index (κ1) is 22.3. The molecule has 0 radical (unpaired) electrons. The molecule has 2 heterocycles. The van der Waals surface area contributed by atoms with E-state index in [9.17, 15) is 4.79 Å². The van der Waals surface area contributed by atoms with Gasteiger partial charge in [-0.15, -0.1) is 24.0 Å². The van der Waals surface area contributed by atoms with Gasteiger partial charge in [0.05, 0.1) is 25.0 Å². The number of aromatic nitrogens is 2. The van der Waals surface area contributed by atoms with Gasteiger partial charge in [-0.3, -0.25) is 9.78 Å². The Kier molecular flexibility index (Phi) is 9.09. The predicted molar refractivity (Wildman–Crippen MR) is 123 cm³/mol. The summed E-state index contributed by atoms with van der Waals surface area (Å²) in [4.78, 5) is 24.9. The summed E-state index contributed by atoms with van der Waals surface area (Å²) in [6, 6.07) is 13.2. The van der Waals surface area contributed by atoms with Gasteiger partial charge in [0.25, 0.3) is 0 Å². The van der Waals surface area contributed by atoms with Crippen LogP contribution >= 0.6 is 24.0 Å². The number of rotatable bonds is 7. The fourth-order valence-corrected chi connectivity index (χ4v) is 2.40. The average molecular weight is 506 g/mol. The lowest BCUT2D eigenvalue weighted by Gasteiger charge is -2.11. The molecule has 3 rings (SSSR count). The van der Waals surface area contributed by atoms with E-state index in [1.165, 1.54) is 0 Å². The van der Waals surface area contributed by atoms with Gasteiger partial charge < -0.3 is 20.4 Å². The van der Waals surface area contributed by atoms with Crippen molar-refractivity contribution in [1.29, 1.82) is 0 Å². The van der Waals surface area contributed by atoms with Gasteiger partial charge in [0.1, 0.15) is 12.0 Å². The third-order valence-corrected chi connectivity index (χ3v) is 3.68. The maximum absolute atomic E-state index is 12.0. The highest BCUT2D eigenvalue weighted by atomic mass is 127. The monoisotopic (exact) mass is 506 g/mol. The molecule has 1 aromatic carbocycles. The number of benzene rings is 1. The number of amides is 1. The fourth-order valence-electron chi connectivity index (χ4n) is 2.40. The Balaban J connectivity index is 0.00000300. The molecule has 152 valence electrons. The van der Waals surface area contributed by atoms with Gasteiger partial charge in [-0.05, 0) is 31.2 Å². The Hall–Kier alpha value is -2.95. The van der Waals surface area contributed by atoms with Crippen LogP contribution in [-0.2, 0) is 11.3 Å². The molecule has 0 bridgehead atoms. The molecular formula is C20H23IN6O2. The third-order valence-electron chi connectivity index (χ3n) is 3.68. The van der Waals surface area contributed by atoms with Crippen molar-refractivity contribution in [3.05, 3.63) is 66.8 Å². The van der Waals surface area contributed by atoms with E-state index in [1.54, 1.807) is 30.8 Å². The summed E-state index contributed by atoms with van der Waals surface area (Å²) in [6.45, 7) is 3.03. The smallest absolute Gasteiger partial charge is 0.243 e. The number of nitrogens with zero attached hydrogens (tertiary/aromatic N) is 3. The molecule has 9 heteroatoms. The molecule has 29 heavy (non-hydrogen) atoms. The second kappa shape index (κ2) is 11.8. The number of hydrogen-bond acceptors (Lipinski definition) is 5. The highest BCUT2D eigenvalue weighted by Gasteiger charge is 2.07. The van der Waals surface area contributed by atoms with Crippen LogP contribution in [0.25, 0.3) is 11.5 Å². The number of halogens is 1. The first-order chi connectivity index (χ1) is 13.7. The summed E-state index contributed by atoms with van der Waals surface area (Å²) < 4.78 is 5.52. The molecule has 8 nitrogen and oxygen atoms in total. The SMILES string of the molecule is CCNC(=NCc1coc(-c2ccccc2)n1)NCC(=O)Nc1cccnc1.I. The van der Waals surface area contributed by atoms with Crippen LogP contribution in [-0.4, -0.2) is 34.9 Å². The topological polar surface area (TPSA) is 104 Å². The normalized spacial score (nSPS) is 10.7. The molecule has 1 amide bonds. The molecule has 0 fully saturated rings. The fraction of sp³-hybridized carbons (Fsp3) is 0.200. The van der Waals surface area contributed by atoms with Crippen LogP contribution in [0, 0.1) is 0 Å². The van der Waals surface area contributed by atoms with Gasteiger partial charge in [-0.2, -0.15) is 0 Å². The molecule has 0 saturated heterocycles. The van der Waals surface area contributed by atoms with Crippen molar-refractivity contribution in [1.82, 2.24) is 20.6 Å². The second-order valence-corrected chi connectivity index (χ2v) is 5.85. The van der Waals surface area contributed by atoms with Crippen LogP contribution in [0.3, 0.4) is 0 Å². The van der Waals surface area contributed by atoms with Crippen LogP contribution in [0.1, 0.15) is 12.6 Å². The molecule has 0 aliphatic rings. The van der Waals surface area contributed by atoms with E-state index >= 15 is 0 Å². The average Bonchev–Trinajstić information content (AvgIpc) is 3.20. The summed E-state index contributed by atoms with van der Waals surface area (Å²) in [5.74, 6) is 0.888. The largest absolute Gasteiger partial charge is 0.444 e. The minimum atomic E-state index is -0.189. The lowest BCUT2D eigenvalue weighted by molar-refractivity contribution is -0.115. The number of oxazole rings is 1. The maximum atomic E-state index is 12.0. The van der Waals surface area contributed by atoms with Crippen molar-refractivity contribution >= 4 is 41.5 Å². The lowest BCUT2D eigenvalue weighted by Crippen LogP contribution is -2.41. The number of carbonyl (C=O) groups is 1. The third kappa shape index (κ3) is 7.18. The molecule has 2 aromatic heterocycles. The molecule has 3 aromatic rings. The van der Waals surface area contributed by atoms with E-state index in [-0.39, 0.29) is 36.4 Å². The van der Waals surface area contributed by atoms with E-state index in [0.717, 1.165) is 5.56 Å². The zero-order chi connectivity index (χ0) is 19.6. The van der Waals surface area contributed by atoms with Crippen LogP contribution < -0.4 is 16.0 Å². The van der Waals surface area contributed by atoms with Crippen molar-refractivity contribution in [2.45, 2.75) is 13.5 Å². The van der Waals surface area contributed by atoms with E-state index in [1.807, 2.05) is 37.3 Å². The molecule has 0 spiro atoms. The molecule has 0 atom stereocenters. The van der Waals surface area contributed by atoms with Crippen LogP contribution in [0.5, 0.6) is 0 Å². The van der Waals surface area contributed by atoms with Gasteiger partial charge in [-0.1, -0.05) is 18.2 Å².